The molecular weight excluding hydrogens is 503 g/mol. The molecule has 200 valence electrons. The number of aromatic nitrogens is 1. The number of aliphatic carboxylic acids is 1. The molecule has 1 aliphatic heterocycles. The topological polar surface area (TPSA) is 121 Å². The smallest absolute Gasteiger partial charge is 0.417 e. The lowest BCUT2D eigenvalue weighted by Crippen LogP contribution is -2.45. The van der Waals surface area contributed by atoms with Crippen LogP contribution in [0.5, 0.6) is 0 Å². The number of nitrogens with zero attached hydrogens (tertiary/aromatic N) is 1. The van der Waals surface area contributed by atoms with E-state index in [0.29, 0.717) is 5.56 Å². The molecule has 1 amide bonds. The van der Waals surface area contributed by atoms with Crippen molar-refractivity contribution in [1.82, 2.24) is 15.2 Å². The van der Waals surface area contributed by atoms with Gasteiger partial charge in [-0.1, -0.05) is 48.6 Å². The molecule has 2 heterocycles. The highest BCUT2D eigenvalue weighted by molar-refractivity contribution is 5.97. The minimum Gasteiger partial charge on any atom is -0.509 e. The van der Waals surface area contributed by atoms with Gasteiger partial charge < -0.3 is 25.4 Å². The highest BCUT2D eigenvalue weighted by atomic mass is 19.4. The minimum absolute atomic E-state index is 0.0276. The van der Waals surface area contributed by atoms with Gasteiger partial charge in [0.2, 0.25) is 0 Å². The Kier molecular flexibility index (Phi) is 6.73. The average molecular weight is 530 g/mol. The van der Waals surface area contributed by atoms with Crippen LogP contribution >= 0.6 is 0 Å². The van der Waals surface area contributed by atoms with E-state index < -0.39 is 46.2 Å². The molecule has 11 heteroatoms. The van der Waals surface area contributed by atoms with Gasteiger partial charge in [0, 0.05) is 19.2 Å². The van der Waals surface area contributed by atoms with Crippen LogP contribution in [0.4, 0.5) is 13.2 Å². The van der Waals surface area contributed by atoms with Crippen LogP contribution in [-0.4, -0.2) is 38.7 Å². The van der Waals surface area contributed by atoms with E-state index in [0.717, 1.165) is 10.6 Å². The molecule has 3 unspecified atom stereocenters. The maximum atomic E-state index is 13.7. The van der Waals surface area contributed by atoms with Gasteiger partial charge in [-0.3, -0.25) is 9.59 Å². The molecule has 1 aromatic carbocycles. The van der Waals surface area contributed by atoms with Crippen molar-refractivity contribution in [2.75, 3.05) is 0 Å². The molecule has 2 aromatic rings. The summed E-state index contributed by atoms with van der Waals surface area (Å²) in [6.45, 7) is 3.14. The molecule has 38 heavy (non-hydrogen) atoms. The SMILES string of the molecule is Cc1cc(C(F)(F)F)c(-c2ccc(CC(NC(=O)C3=C(O)C4(C)C=CC=CC4N3)C(=O)O)cc2)c(=O)n1C. The minimum atomic E-state index is -4.75. The monoisotopic (exact) mass is 529 g/mol. The summed E-state index contributed by atoms with van der Waals surface area (Å²) in [4.78, 5) is 37.5. The molecule has 0 bridgehead atoms. The van der Waals surface area contributed by atoms with E-state index in [1.807, 2.05) is 0 Å². The molecule has 2 aliphatic rings. The number of aliphatic hydroxyl groups is 1. The summed E-state index contributed by atoms with van der Waals surface area (Å²) >= 11 is 0. The van der Waals surface area contributed by atoms with E-state index in [-0.39, 0.29) is 35.2 Å². The lowest BCUT2D eigenvalue weighted by Gasteiger charge is -2.27. The summed E-state index contributed by atoms with van der Waals surface area (Å²) in [5.41, 5.74) is -2.77. The standard InChI is InChI=1S/C27H26F3N3O5/c1-14-12-17(27(28,29)30)20(24(36)33(14)3)16-9-7-15(8-10-16)13-18(25(37)38)31-23(35)21-22(34)26(2)11-5-4-6-19(26)32-21/h4-12,18-19,32,34H,13H2,1-3H3,(H,31,35)(H,37,38). The normalized spacial score (nSPS) is 21.2. The van der Waals surface area contributed by atoms with Crippen molar-refractivity contribution < 1.29 is 33.0 Å². The first kappa shape index (κ1) is 26.8. The van der Waals surface area contributed by atoms with Gasteiger partial charge in [-0.05, 0) is 31.0 Å². The molecule has 4 N–H and O–H groups in total. The second-order valence-electron chi connectivity index (χ2n) is 9.57. The quantitative estimate of drug-likeness (QED) is 0.456. The highest BCUT2D eigenvalue weighted by Gasteiger charge is 2.45. The third-order valence-corrected chi connectivity index (χ3v) is 7.04. The number of benzene rings is 1. The number of carboxylic acids is 1. The highest BCUT2D eigenvalue weighted by Crippen LogP contribution is 2.40. The van der Waals surface area contributed by atoms with Gasteiger partial charge in [-0.2, -0.15) is 13.2 Å². The summed E-state index contributed by atoms with van der Waals surface area (Å²) < 4.78 is 42.2. The van der Waals surface area contributed by atoms with Crippen LogP contribution in [0, 0.1) is 12.3 Å². The number of amides is 1. The van der Waals surface area contributed by atoms with Crippen LogP contribution in [0.15, 0.2) is 70.9 Å². The second kappa shape index (κ2) is 9.55. The van der Waals surface area contributed by atoms with E-state index in [1.165, 1.54) is 38.2 Å². The first-order valence-corrected chi connectivity index (χ1v) is 11.7. The van der Waals surface area contributed by atoms with Crippen LogP contribution < -0.4 is 16.2 Å². The Labute approximate surface area is 215 Å². The molecule has 0 spiro atoms. The molecule has 0 fully saturated rings. The van der Waals surface area contributed by atoms with Crippen molar-refractivity contribution in [3.05, 3.63) is 93.3 Å². The number of rotatable bonds is 6. The average Bonchev–Trinajstić information content (AvgIpc) is 3.12. The van der Waals surface area contributed by atoms with Crippen LogP contribution in [0.1, 0.15) is 23.7 Å². The fourth-order valence-electron chi connectivity index (χ4n) is 4.62. The predicted octanol–water partition coefficient (Wildman–Crippen LogP) is 3.37. The van der Waals surface area contributed by atoms with Gasteiger partial charge in [0.25, 0.3) is 11.5 Å². The maximum Gasteiger partial charge on any atom is 0.417 e. The number of carbonyl (C=O) groups excluding carboxylic acids is 1. The van der Waals surface area contributed by atoms with Crippen LogP contribution in [-0.2, 0) is 29.2 Å². The van der Waals surface area contributed by atoms with Crippen molar-refractivity contribution in [1.29, 1.82) is 0 Å². The van der Waals surface area contributed by atoms with Gasteiger partial charge in [0.05, 0.1) is 22.6 Å². The number of pyridine rings is 1. The predicted molar refractivity (Wildman–Crippen MR) is 133 cm³/mol. The van der Waals surface area contributed by atoms with Gasteiger partial charge in [0.1, 0.15) is 17.5 Å². The van der Waals surface area contributed by atoms with E-state index >= 15 is 0 Å². The number of hydrogen-bond acceptors (Lipinski definition) is 5. The van der Waals surface area contributed by atoms with Crippen molar-refractivity contribution in [3.8, 4) is 11.1 Å². The molecule has 0 radical (unpaired) electrons. The van der Waals surface area contributed by atoms with Gasteiger partial charge in [-0.15, -0.1) is 0 Å². The number of hydrogen-bond donors (Lipinski definition) is 4. The third kappa shape index (κ3) is 4.71. The zero-order valence-corrected chi connectivity index (χ0v) is 20.8. The number of halogens is 3. The summed E-state index contributed by atoms with van der Waals surface area (Å²) in [6, 6.07) is 4.58. The van der Waals surface area contributed by atoms with E-state index in [1.54, 1.807) is 31.2 Å². The zero-order valence-electron chi connectivity index (χ0n) is 20.8. The van der Waals surface area contributed by atoms with Crippen LogP contribution in [0.3, 0.4) is 0 Å². The molecule has 1 aliphatic carbocycles. The van der Waals surface area contributed by atoms with Gasteiger partial charge in [-0.25, -0.2) is 4.79 Å². The summed E-state index contributed by atoms with van der Waals surface area (Å²) in [5.74, 6) is -2.35. The second-order valence-corrected chi connectivity index (χ2v) is 9.57. The first-order chi connectivity index (χ1) is 17.7. The number of alkyl halides is 3. The van der Waals surface area contributed by atoms with Gasteiger partial charge >= 0.3 is 12.1 Å². The lowest BCUT2D eigenvalue weighted by molar-refractivity contribution is -0.141. The number of fused-ring (bicyclic) bond motifs is 1. The molecule has 8 nitrogen and oxygen atoms in total. The van der Waals surface area contributed by atoms with Crippen molar-refractivity contribution >= 4 is 11.9 Å². The van der Waals surface area contributed by atoms with E-state index in [2.05, 4.69) is 10.6 Å². The molecule has 0 saturated heterocycles. The fourth-order valence-corrected chi connectivity index (χ4v) is 4.62. The Morgan fingerprint density at radius 2 is 1.87 bits per heavy atom. The molecule has 1 aromatic heterocycles. The van der Waals surface area contributed by atoms with Crippen LogP contribution in [0.25, 0.3) is 11.1 Å². The number of aryl methyl sites for hydroxylation is 1. The number of nitrogens with one attached hydrogen (secondary N) is 2. The fraction of sp³-hybridized carbons (Fsp3) is 0.296. The number of carbonyl (C=O) groups is 2. The Bertz CT molecular complexity index is 1450. The number of aliphatic hydroxyl groups excluding tert-OH is 1. The van der Waals surface area contributed by atoms with Crippen molar-refractivity contribution in [2.45, 2.75) is 38.5 Å². The Hall–Kier alpha value is -4.28. The lowest BCUT2D eigenvalue weighted by atomic mass is 9.80. The van der Waals surface area contributed by atoms with E-state index in [9.17, 15) is 37.8 Å². The van der Waals surface area contributed by atoms with Gasteiger partial charge in [0.15, 0.2) is 0 Å². The molecule has 0 saturated carbocycles. The largest absolute Gasteiger partial charge is 0.509 e. The number of allylic oxidation sites excluding steroid dienone is 2. The first-order valence-electron chi connectivity index (χ1n) is 11.7. The molecule has 3 atom stereocenters. The Balaban J connectivity index is 1.57. The maximum absolute atomic E-state index is 13.7. The van der Waals surface area contributed by atoms with Crippen molar-refractivity contribution in [3.63, 3.8) is 0 Å². The zero-order chi connectivity index (χ0) is 28.0. The number of carboxylic acid groups (broad SMARTS) is 1. The molecule has 4 rings (SSSR count). The summed E-state index contributed by atoms with van der Waals surface area (Å²) in [5, 5.41) is 25.6. The Morgan fingerprint density at radius 3 is 2.45 bits per heavy atom. The summed E-state index contributed by atoms with van der Waals surface area (Å²) in [7, 11) is 1.38. The molecular formula is C27H26F3N3O5. The third-order valence-electron chi connectivity index (χ3n) is 7.04. The van der Waals surface area contributed by atoms with Crippen molar-refractivity contribution in [2.24, 2.45) is 12.5 Å². The van der Waals surface area contributed by atoms with E-state index in [4.69, 9.17) is 0 Å². The Morgan fingerprint density at radius 1 is 1.21 bits per heavy atom. The van der Waals surface area contributed by atoms with Crippen LogP contribution in [0.2, 0.25) is 0 Å². The summed E-state index contributed by atoms with van der Waals surface area (Å²) in [6.07, 6.45) is 2.08.